The van der Waals surface area contributed by atoms with E-state index in [9.17, 15) is 5.11 Å². The summed E-state index contributed by atoms with van der Waals surface area (Å²) >= 11 is 6.11. The Morgan fingerprint density at radius 2 is 2.38 bits per heavy atom. The molecule has 3 rings (SSSR count). The van der Waals surface area contributed by atoms with Crippen molar-refractivity contribution in [3.05, 3.63) is 29.0 Å². The maximum atomic E-state index is 9.87. The van der Waals surface area contributed by atoms with Crippen LogP contribution in [0.3, 0.4) is 0 Å². The van der Waals surface area contributed by atoms with Gasteiger partial charge >= 0.3 is 0 Å². The van der Waals surface area contributed by atoms with Crippen LogP contribution in [-0.4, -0.2) is 33.3 Å². The van der Waals surface area contributed by atoms with Crippen molar-refractivity contribution in [3.8, 4) is 11.8 Å². The van der Waals surface area contributed by atoms with Crippen LogP contribution < -0.4 is 5.32 Å². The lowest BCUT2D eigenvalue weighted by molar-refractivity contribution is 0.118. The molecule has 0 spiro atoms. The van der Waals surface area contributed by atoms with Gasteiger partial charge in [-0.3, -0.25) is 0 Å². The van der Waals surface area contributed by atoms with Gasteiger partial charge in [-0.2, -0.15) is 0 Å². The summed E-state index contributed by atoms with van der Waals surface area (Å²) in [5, 5.41) is 13.8. The average molecular weight is 304 g/mol. The number of rotatable bonds is 1. The minimum Gasteiger partial charge on any atom is -0.390 e. The van der Waals surface area contributed by atoms with Gasteiger partial charge in [0, 0.05) is 5.02 Å². The summed E-state index contributed by atoms with van der Waals surface area (Å²) < 4.78 is 2.00. The van der Waals surface area contributed by atoms with E-state index >= 15 is 0 Å². The lowest BCUT2D eigenvalue weighted by Crippen LogP contribution is -2.43. The van der Waals surface area contributed by atoms with Crippen molar-refractivity contribution in [2.75, 3.05) is 6.54 Å². The fraction of sp³-hybridized carbons (Fsp3) is 0.438. The molecule has 1 aromatic heterocycles. The standard InChI is InChI=1S/C16H18ClN3O/c1-11-12(17)6-7-14-16(11)19-10-20(14)9-3-4-13-15(21)5-2-8-18-13/h6-7,10,13,15,18,21H,2,5,8-9H2,1H3/t13-,15+/m1/s1. The van der Waals surface area contributed by atoms with Gasteiger partial charge in [-0.1, -0.05) is 23.4 Å². The van der Waals surface area contributed by atoms with Crippen molar-refractivity contribution in [2.45, 2.75) is 38.5 Å². The van der Waals surface area contributed by atoms with Crippen molar-refractivity contribution in [2.24, 2.45) is 0 Å². The Balaban J connectivity index is 1.79. The van der Waals surface area contributed by atoms with Gasteiger partial charge < -0.3 is 15.0 Å². The number of hydrogen-bond donors (Lipinski definition) is 2. The molecular formula is C16H18ClN3O. The van der Waals surface area contributed by atoms with Crippen LogP contribution in [0.2, 0.25) is 5.02 Å². The SMILES string of the molecule is Cc1c(Cl)ccc2c1ncn2CC#C[C@H]1NCCC[C@@H]1O. The van der Waals surface area contributed by atoms with E-state index in [1.807, 2.05) is 23.6 Å². The third kappa shape index (κ3) is 2.91. The highest BCUT2D eigenvalue weighted by Crippen LogP contribution is 2.23. The number of aromatic nitrogens is 2. The van der Waals surface area contributed by atoms with Crippen molar-refractivity contribution in [1.82, 2.24) is 14.9 Å². The molecule has 1 aliphatic heterocycles. The number of benzene rings is 1. The highest BCUT2D eigenvalue weighted by atomic mass is 35.5. The Kier molecular flexibility index (Phi) is 4.16. The Morgan fingerprint density at radius 3 is 3.19 bits per heavy atom. The molecule has 110 valence electrons. The van der Waals surface area contributed by atoms with Crippen molar-refractivity contribution in [3.63, 3.8) is 0 Å². The zero-order valence-corrected chi connectivity index (χ0v) is 12.7. The van der Waals surface area contributed by atoms with E-state index in [0.717, 1.165) is 41.0 Å². The quantitative estimate of drug-likeness (QED) is 0.793. The number of aliphatic hydroxyl groups is 1. The molecule has 0 radical (unpaired) electrons. The summed E-state index contributed by atoms with van der Waals surface area (Å²) in [6, 6.07) is 3.73. The van der Waals surface area contributed by atoms with Crippen molar-refractivity contribution in [1.29, 1.82) is 0 Å². The number of nitrogens with zero attached hydrogens (tertiary/aromatic N) is 2. The first-order valence-corrected chi connectivity index (χ1v) is 7.54. The topological polar surface area (TPSA) is 50.1 Å². The number of aliphatic hydroxyl groups excluding tert-OH is 1. The minimum absolute atomic E-state index is 0.121. The zero-order valence-electron chi connectivity index (χ0n) is 11.9. The molecule has 1 saturated heterocycles. The molecule has 0 aliphatic carbocycles. The predicted octanol–water partition coefficient (Wildman–Crippen LogP) is 2.11. The van der Waals surface area contributed by atoms with Gasteiger partial charge in [-0.15, -0.1) is 0 Å². The second-order valence-electron chi connectivity index (χ2n) is 5.38. The van der Waals surface area contributed by atoms with Crippen LogP contribution in [0.15, 0.2) is 18.5 Å². The van der Waals surface area contributed by atoms with E-state index < -0.39 is 0 Å². The van der Waals surface area contributed by atoms with Crippen LogP contribution in [0.25, 0.3) is 11.0 Å². The lowest BCUT2D eigenvalue weighted by atomic mass is 10.0. The molecule has 0 unspecified atom stereocenters. The van der Waals surface area contributed by atoms with Crippen molar-refractivity contribution < 1.29 is 5.11 Å². The Morgan fingerprint density at radius 1 is 1.52 bits per heavy atom. The molecule has 1 aromatic carbocycles. The van der Waals surface area contributed by atoms with Crippen LogP contribution in [0, 0.1) is 18.8 Å². The van der Waals surface area contributed by atoms with E-state index in [0.29, 0.717) is 6.54 Å². The largest absolute Gasteiger partial charge is 0.390 e. The fourth-order valence-electron chi connectivity index (χ4n) is 2.63. The molecule has 5 heteroatoms. The van der Waals surface area contributed by atoms with Gasteiger partial charge in [0.1, 0.15) is 0 Å². The normalized spacial score (nSPS) is 22.0. The molecule has 2 heterocycles. The van der Waals surface area contributed by atoms with Crippen LogP contribution in [-0.2, 0) is 6.54 Å². The average Bonchev–Trinajstić information content (AvgIpc) is 2.89. The van der Waals surface area contributed by atoms with Crippen molar-refractivity contribution >= 4 is 22.6 Å². The summed E-state index contributed by atoms with van der Waals surface area (Å²) in [6.07, 6.45) is 3.24. The maximum absolute atomic E-state index is 9.87. The molecule has 0 saturated carbocycles. The predicted molar refractivity (Wildman–Crippen MR) is 84.3 cm³/mol. The monoisotopic (exact) mass is 303 g/mol. The second-order valence-corrected chi connectivity index (χ2v) is 5.78. The number of aryl methyl sites for hydroxylation is 1. The van der Waals surface area contributed by atoms with E-state index in [2.05, 4.69) is 22.1 Å². The van der Waals surface area contributed by atoms with E-state index in [-0.39, 0.29) is 12.1 Å². The Bertz CT molecular complexity index is 713. The van der Waals surface area contributed by atoms with Gasteiger partial charge in [0.2, 0.25) is 0 Å². The molecule has 0 bridgehead atoms. The molecule has 2 N–H and O–H groups in total. The summed E-state index contributed by atoms with van der Waals surface area (Å²) in [5.41, 5.74) is 2.94. The van der Waals surface area contributed by atoms with Gasteiger partial charge in [-0.05, 0) is 44.0 Å². The summed E-state index contributed by atoms with van der Waals surface area (Å²) in [4.78, 5) is 4.41. The third-order valence-corrected chi connectivity index (χ3v) is 4.32. The van der Waals surface area contributed by atoms with E-state index in [4.69, 9.17) is 11.6 Å². The number of nitrogens with one attached hydrogen (secondary N) is 1. The number of halogens is 1. The first kappa shape index (κ1) is 14.4. The first-order chi connectivity index (χ1) is 10.2. The van der Waals surface area contributed by atoms with Gasteiger partial charge in [-0.25, -0.2) is 4.98 Å². The first-order valence-electron chi connectivity index (χ1n) is 7.16. The number of hydrogen-bond acceptors (Lipinski definition) is 3. The molecule has 21 heavy (non-hydrogen) atoms. The molecule has 1 aliphatic rings. The van der Waals surface area contributed by atoms with Crippen LogP contribution in [0.4, 0.5) is 0 Å². The molecule has 1 fully saturated rings. The molecule has 0 amide bonds. The van der Waals surface area contributed by atoms with Gasteiger partial charge in [0.05, 0.1) is 36.1 Å². The maximum Gasteiger partial charge on any atom is 0.0967 e. The molecule has 4 nitrogen and oxygen atoms in total. The van der Waals surface area contributed by atoms with Crippen LogP contribution in [0.1, 0.15) is 18.4 Å². The summed E-state index contributed by atoms with van der Waals surface area (Å²) in [5.74, 6) is 6.25. The smallest absolute Gasteiger partial charge is 0.0967 e. The highest BCUT2D eigenvalue weighted by molar-refractivity contribution is 6.32. The molecule has 2 aromatic rings. The van der Waals surface area contributed by atoms with E-state index in [1.165, 1.54) is 0 Å². The number of imidazole rings is 1. The Hall–Kier alpha value is -1.54. The molecular weight excluding hydrogens is 286 g/mol. The summed E-state index contributed by atoms with van der Waals surface area (Å²) in [7, 11) is 0. The lowest BCUT2D eigenvalue weighted by Gasteiger charge is -2.24. The minimum atomic E-state index is -0.369. The second kappa shape index (κ2) is 6.07. The summed E-state index contributed by atoms with van der Waals surface area (Å²) in [6.45, 7) is 3.45. The van der Waals surface area contributed by atoms with Gasteiger partial charge in [0.15, 0.2) is 0 Å². The van der Waals surface area contributed by atoms with E-state index in [1.54, 1.807) is 6.33 Å². The number of fused-ring (bicyclic) bond motifs is 1. The zero-order chi connectivity index (χ0) is 14.8. The Labute approximate surface area is 129 Å². The van der Waals surface area contributed by atoms with Gasteiger partial charge in [0.25, 0.3) is 0 Å². The fourth-order valence-corrected chi connectivity index (χ4v) is 2.78. The molecule has 2 atom stereocenters. The van der Waals surface area contributed by atoms with Crippen LogP contribution >= 0.6 is 11.6 Å². The third-order valence-electron chi connectivity index (χ3n) is 3.91. The number of piperidine rings is 1. The highest BCUT2D eigenvalue weighted by Gasteiger charge is 2.19. The van der Waals surface area contributed by atoms with Crippen LogP contribution in [0.5, 0.6) is 0 Å².